The molecule has 0 spiro atoms. The van der Waals surface area contributed by atoms with Gasteiger partial charge in [-0.25, -0.2) is 10.5 Å². The molecule has 2 amide bonds. The molecular weight excluding hydrogens is 356 g/mol. The number of rotatable bonds is 6. The van der Waals surface area contributed by atoms with E-state index in [0.29, 0.717) is 28.9 Å². The number of nitrogens with two attached hydrogens (primary N) is 1. The summed E-state index contributed by atoms with van der Waals surface area (Å²) in [5, 5.41) is 8.81. The summed E-state index contributed by atoms with van der Waals surface area (Å²) < 4.78 is 0. The molecule has 26 heavy (non-hydrogen) atoms. The lowest BCUT2D eigenvalue weighted by Crippen LogP contribution is -2.45. The maximum atomic E-state index is 12.6. The first kappa shape index (κ1) is 20.4. The number of nitrogens with one attached hydrogen (secondary N) is 1. The molecule has 1 saturated carbocycles. The van der Waals surface area contributed by atoms with Crippen LogP contribution in [0.25, 0.3) is 6.08 Å². The van der Waals surface area contributed by atoms with Crippen LogP contribution in [0.4, 0.5) is 5.82 Å². The Morgan fingerprint density at radius 3 is 2.73 bits per heavy atom. The summed E-state index contributed by atoms with van der Waals surface area (Å²) in [6.07, 6.45) is 9.87. The van der Waals surface area contributed by atoms with Crippen molar-refractivity contribution in [1.29, 1.82) is 0 Å². The molecule has 1 atom stereocenters. The first-order valence-electron chi connectivity index (χ1n) is 8.77. The molecule has 0 saturated heterocycles. The van der Waals surface area contributed by atoms with Gasteiger partial charge in [-0.05, 0) is 43.4 Å². The van der Waals surface area contributed by atoms with Crippen LogP contribution in [0.1, 0.15) is 44.6 Å². The molecule has 1 aromatic rings. The van der Waals surface area contributed by atoms with E-state index in [1.165, 1.54) is 37.0 Å². The first-order chi connectivity index (χ1) is 12.4. The van der Waals surface area contributed by atoms with Gasteiger partial charge in [-0.2, -0.15) is 0 Å². The van der Waals surface area contributed by atoms with E-state index in [4.69, 9.17) is 22.5 Å². The second kappa shape index (κ2) is 9.66. The van der Waals surface area contributed by atoms with Crippen molar-refractivity contribution in [2.24, 2.45) is 11.7 Å². The molecule has 0 bridgehead atoms. The largest absolute Gasteiger partial charge is 0.320 e. The van der Waals surface area contributed by atoms with Crippen LogP contribution in [0, 0.1) is 5.92 Å². The Morgan fingerprint density at radius 1 is 1.46 bits per heavy atom. The number of nitrogens with zero attached hydrogens (tertiary/aromatic N) is 2. The zero-order chi connectivity index (χ0) is 19.1. The predicted octanol–water partition coefficient (Wildman–Crippen LogP) is 2.51. The monoisotopic (exact) mass is 380 g/mol. The average Bonchev–Trinajstić information content (AvgIpc) is 2.64. The SMILES string of the molecule is C[C@@H](N)C(=O)N(CC1CCCCC1)c1ncc(/C=C/C(=O)NO)cc1Cl. The van der Waals surface area contributed by atoms with Gasteiger partial charge in [0.15, 0.2) is 5.82 Å². The molecule has 0 aliphatic heterocycles. The average molecular weight is 381 g/mol. The van der Waals surface area contributed by atoms with E-state index in [9.17, 15) is 9.59 Å². The van der Waals surface area contributed by atoms with Crippen LogP contribution in [0.5, 0.6) is 0 Å². The number of carbonyl (C=O) groups is 2. The number of aromatic nitrogens is 1. The van der Waals surface area contributed by atoms with Crippen molar-refractivity contribution in [1.82, 2.24) is 10.5 Å². The fourth-order valence-corrected chi connectivity index (χ4v) is 3.38. The number of hydrogen-bond donors (Lipinski definition) is 3. The maximum absolute atomic E-state index is 12.6. The molecule has 7 nitrogen and oxygen atoms in total. The molecule has 2 rings (SSSR count). The van der Waals surface area contributed by atoms with Crippen molar-refractivity contribution >= 4 is 35.3 Å². The quantitative estimate of drug-likeness (QED) is 0.399. The molecule has 1 heterocycles. The number of pyridine rings is 1. The highest BCUT2D eigenvalue weighted by atomic mass is 35.5. The highest BCUT2D eigenvalue weighted by Crippen LogP contribution is 2.30. The molecule has 8 heteroatoms. The minimum absolute atomic E-state index is 0.215. The molecule has 0 radical (unpaired) electrons. The van der Waals surface area contributed by atoms with Gasteiger partial charge >= 0.3 is 0 Å². The Bertz CT molecular complexity index is 672. The number of carbonyl (C=O) groups excluding carboxylic acids is 2. The van der Waals surface area contributed by atoms with Crippen LogP contribution in [0.15, 0.2) is 18.3 Å². The number of hydrogen-bond acceptors (Lipinski definition) is 5. The second-order valence-corrected chi connectivity index (χ2v) is 7.03. The van der Waals surface area contributed by atoms with E-state index in [0.717, 1.165) is 18.9 Å². The van der Waals surface area contributed by atoms with Crippen LogP contribution in [0.2, 0.25) is 5.02 Å². The van der Waals surface area contributed by atoms with Crippen molar-refractivity contribution in [2.45, 2.75) is 45.1 Å². The van der Waals surface area contributed by atoms with Crippen LogP contribution in [-0.4, -0.2) is 34.6 Å². The summed E-state index contributed by atoms with van der Waals surface area (Å²) in [4.78, 5) is 29.6. The van der Waals surface area contributed by atoms with Crippen molar-refractivity contribution < 1.29 is 14.8 Å². The van der Waals surface area contributed by atoms with Gasteiger partial charge in [0.1, 0.15) is 0 Å². The topological polar surface area (TPSA) is 109 Å². The third-order valence-corrected chi connectivity index (χ3v) is 4.74. The third-order valence-electron chi connectivity index (χ3n) is 4.46. The molecule has 1 aromatic heterocycles. The van der Waals surface area contributed by atoms with E-state index < -0.39 is 11.9 Å². The van der Waals surface area contributed by atoms with E-state index in [1.54, 1.807) is 17.9 Å². The van der Waals surface area contributed by atoms with E-state index in [1.807, 2.05) is 0 Å². The maximum Gasteiger partial charge on any atom is 0.267 e. The van der Waals surface area contributed by atoms with Gasteiger partial charge in [-0.15, -0.1) is 0 Å². The summed E-state index contributed by atoms with van der Waals surface area (Å²) in [6.45, 7) is 2.20. The molecule has 1 aliphatic rings. The van der Waals surface area contributed by atoms with Gasteiger partial charge in [0.25, 0.3) is 5.91 Å². The Morgan fingerprint density at radius 2 is 2.15 bits per heavy atom. The summed E-state index contributed by atoms with van der Waals surface area (Å²) in [5.74, 6) is -0.0791. The summed E-state index contributed by atoms with van der Waals surface area (Å²) in [6, 6.07) is 0.970. The minimum atomic E-state index is -0.656. The molecule has 0 unspecified atom stereocenters. The van der Waals surface area contributed by atoms with E-state index >= 15 is 0 Å². The van der Waals surface area contributed by atoms with Gasteiger partial charge < -0.3 is 5.73 Å². The highest BCUT2D eigenvalue weighted by Gasteiger charge is 2.26. The molecule has 1 aliphatic carbocycles. The molecule has 1 fully saturated rings. The Kier molecular flexibility index (Phi) is 7.56. The third kappa shape index (κ3) is 5.52. The summed E-state index contributed by atoms with van der Waals surface area (Å²) in [7, 11) is 0. The Labute approximate surface area is 158 Å². The fraction of sp³-hybridized carbons (Fsp3) is 0.500. The van der Waals surface area contributed by atoms with Crippen molar-refractivity contribution in [2.75, 3.05) is 11.4 Å². The van der Waals surface area contributed by atoms with Gasteiger partial charge in [0.05, 0.1) is 11.1 Å². The Balaban J connectivity index is 2.24. The van der Waals surface area contributed by atoms with Crippen molar-refractivity contribution in [3.8, 4) is 0 Å². The lowest BCUT2D eigenvalue weighted by Gasteiger charge is -2.30. The number of amides is 2. The highest BCUT2D eigenvalue weighted by molar-refractivity contribution is 6.33. The van der Waals surface area contributed by atoms with Crippen LogP contribution in [0.3, 0.4) is 0 Å². The van der Waals surface area contributed by atoms with Crippen LogP contribution >= 0.6 is 11.6 Å². The lowest BCUT2D eigenvalue weighted by atomic mass is 9.89. The number of hydroxylamine groups is 1. The van der Waals surface area contributed by atoms with Gasteiger partial charge in [-0.1, -0.05) is 30.9 Å². The molecular formula is C18H25ClN4O3. The lowest BCUT2D eigenvalue weighted by molar-refractivity contribution is -0.124. The number of halogens is 1. The van der Waals surface area contributed by atoms with Gasteiger partial charge in [0, 0.05) is 18.8 Å². The van der Waals surface area contributed by atoms with Gasteiger partial charge in [0.2, 0.25) is 5.91 Å². The Hall–Kier alpha value is -1.96. The summed E-state index contributed by atoms with van der Waals surface area (Å²) >= 11 is 6.36. The molecule has 4 N–H and O–H groups in total. The second-order valence-electron chi connectivity index (χ2n) is 6.63. The van der Waals surface area contributed by atoms with Crippen LogP contribution in [-0.2, 0) is 9.59 Å². The molecule has 142 valence electrons. The van der Waals surface area contributed by atoms with Gasteiger partial charge in [-0.3, -0.25) is 19.7 Å². The normalized spacial score (nSPS) is 16.5. The summed E-state index contributed by atoms with van der Waals surface area (Å²) in [5.41, 5.74) is 7.90. The van der Waals surface area contributed by atoms with Crippen molar-refractivity contribution in [3.05, 3.63) is 28.9 Å². The van der Waals surface area contributed by atoms with Crippen LogP contribution < -0.4 is 16.1 Å². The zero-order valence-corrected chi connectivity index (χ0v) is 15.6. The molecule has 0 aromatic carbocycles. The predicted molar refractivity (Wildman–Crippen MR) is 101 cm³/mol. The standard InChI is InChI=1S/C18H25ClN4O3/c1-12(20)18(25)23(11-13-5-3-2-4-6-13)17-15(19)9-14(10-21-17)7-8-16(24)22-26/h7-10,12-13,26H,2-6,11,20H2,1H3,(H,22,24)/b8-7+/t12-/m1/s1. The minimum Gasteiger partial charge on any atom is -0.320 e. The van der Waals surface area contributed by atoms with Crippen molar-refractivity contribution in [3.63, 3.8) is 0 Å². The smallest absolute Gasteiger partial charge is 0.267 e. The fourth-order valence-electron chi connectivity index (χ4n) is 3.10. The van der Waals surface area contributed by atoms with E-state index in [2.05, 4.69) is 4.98 Å². The van der Waals surface area contributed by atoms with E-state index in [-0.39, 0.29) is 5.91 Å². The first-order valence-corrected chi connectivity index (χ1v) is 9.14. The zero-order valence-electron chi connectivity index (χ0n) is 14.8. The number of anilines is 1.